The van der Waals surface area contributed by atoms with E-state index in [0.29, 0.717) is 12.0 Å². The van der Waals surface area contributed by atoms with Crippen molar-refractivity contribution in [3.8, 4) is 11.4 Å². The molecule has 32 heavy (non-hydrogen) atoms. The third-order valence-electron chi connectivity index (χ3n) is 6.83. The van der Waals surface area contributed by atoms with Crippen LogP contribution in [0.15, 0.2) is 60.8 Å². The molecule has 0 unspecified atom stereocenters. The molecule has 2 aliphatic rings. The molecule has 0 radical (unpaired) electrons. The largest absolute Gasteiger partial charge is 0.497 e. The molecule has 3 heterocycles. The summed E-state index contributed by atoms with van der Waals surface area (Å²) >= 11 is 0. The van der Waals surface area contributed by atoms with E-state index in [-0.39, 0.29) is 17.1 Å². The number of hydrogen-bond donors (Lipinski definition) is 1. The van der Waals surface area contributed by atoms with Gasteiger partial charge < -0.3 is 19.5 Å². The molecule has 1 fully saturated rings. The lowest BCUT2D eigenvalue weighted by Crippen LogP contribution is -2.49. The first kappa shape index (κ1) is 20.8. The van der Waals surface area contributed by atoms with Gasteiger partial charge in [0.1, 0.15) is 11.6 Å². The molecule has 5 rings (SSSR count). The molecule has 5 nitrogen and oxygen atoms in total. The average Bonchev–Trinajstić information content (AvgIpc) is 3.32. The summed E-state index contributed by atoms with van der Waals surface area (Å²) in [6.07, 6.45) is 5.43. The number of halogens is 1. The van der Waals surface area contributed by atoms with Crippen molar-refractivity contribution in [2.45, 2.75) is 31.2 Å². The molecule has 0 atom stereocenters. The number of Topliss-reactive ketones (excluding diaryl/α,β-unsaturated/α-hetero) is 1. The minimum Gasteiger partial charge on any atom is -0.497 e. The van der Waals surface area contributed by atoms with Crippen molar-refractivity contribution in [2.24, 2.45) is 0 Å². The Bertz CT molecular complexity index is 1110. The number of ketones is 1. The van der Waals surface area contributed by atoms with E-state index in [0.717, 1.165) is 56.0 Å². The summed E-state index contributed by atoms with van der Waals surface area (Å²) in [6, 6.07) is 16.3. The lowest BCUT2D eigenvalue weighted by Gasteiger charge is -2.46. The molecule has 1 aromatic heterocycles. The van der Waals surface area contributed by atoms with E-state index < -0.39 is 0 Å². The smallest absolute Gasteiger partial charge is 0.162 e. The van der Waals surface area contributed by atoms with Gasteiger partial charge in [0.05, 0.1) is 24.0 Å². The molecule has 0 aliphatic carbocycles. The molecular formula is C26H28FN3O2. The third-order valence-corrected chi connectivity index (χ3v) is 6.83. The number of nitrogens with zero attached hydrogens (tertiary/aromatic N) is 2. The number of aromatic nitrogens is 1. The van der Waals surface area contributed by atoms with Crippen LogP contribution in [0.3, 0.4) is 0 Å². The van der Waals surface area contributed by atoms with Gasteiger partial charge in [0, 0.05) is 43.0 Å². The minimum atomic E-state index is -0.313. The Hall–Kier alpha value is -3.12. The predicted molar refractivity (Wildman–Crippen MR) is 123 cm³/mol. The average molecular weight is 434 g/mol. The number of piperidine rings is 1. The number of nitrogens with one attached hydrogen (secondary N) is 1. The Morgan fingerprint density at radius 2 is 1.91 bits per heavy atom. The normalized spacial score (nSPS) is 16.8. The second-order valence-electron chi connectivity index (χ2n) is 8.73. The van der Waals surface area contributed by atoms with Crippen LogP contribution in [0.25, 0.3) is 5.69 Å². The van der Waals surface area contributed by atoms with Crippen LogP contribution in [-0.4, -0.2) is 42.0 Å². The van der Waals surface area contributed by atoms with Crippen molar-refractivity contribution in [1.29, 1.82) is 0 Å². The van der Waals surface area contributed by atoms with Crippen LogP contribution in [0.2, 0.25) is 0 Å². The molecule has 6 heteroatoms. The van der Waals surface area contributed by atoms with Gasteiger partial charge in [-0.2, -0.15) is 0 Å². The standard InChI is InChI=1S/C26H28FN3O2/c1-32-21-10-11-23-22(18-21)28-26(25-5-3-15-30(23)25)12-16-29(17-13-26)14-2-4-24(31)19-6-8-20(27)9-7-19/h3,5-11,15,18,28H,2,4,12-14,16-17H2,1H3. The third kappa shape index (κ3) is 3.79. The van der Waals surface area contributed by atoms with Gasteiger partial charge in [-0.05, 0) is 74.3 Å². The second-order valence-corrected chi connectivity index (χ2v) is 8.73. The van der Waals surface area contributed by atoms with Gasteiger partial charge in [0.2, 0.25) is 0 Å². The van der Waals surface area contributed by atoms with Crippen molar-refractivity contribution in [2.75, 3.05) is 32.1 Å². The first-order valence-corrected chi connectivity index (χ1v) is 11.2. The zero-order valence-corrected chi connectivity index (χ0v) is 18.3. The topological polar surface area (TPSA) is 46.5 Å². The van der Waals surface area contributed by atoms with Crippen molar-refractivity contribution in [3.63, 3.8) is 0 Å². The first-order valence-electron chi connectivity index (χ1n) is 11.2. The van der Waals surface area contributed by atoms with Gasteiger partial charge in [-0.25, -0.2) is 4.39 Å². The molecule has 1 spiro atoms. The summed E-state index contributed by atoms with van der Waals surface area (Å²) in [6.45, 7) is 2.85. The number of hydrogen-bond acceptors (Lipinski definition) is 4. The fourth-order valence-electron chi connectivity index (χ4n) is 5.04. The molecule has 1 saturated heterocycles. The van der Waals surface area contributed by atoms with Crippen LogP contribution in [0.5, 0.6) is 5.75 Å². The molecule has 166 valence electrons. The molecule has 1 N–H and O–H groups in total. The van der Waals surface area contributed by atoms with Gasteiger partial charge in [0.15, 0.2) is 5.78 Å². The number of benzene rings is 2. The van der Waals surface area contributed by atoms with E-state index in [4.69, 9.17) is 4.74 Å². The van der Waals surface area contributed by atoms with Crippen LogP contribution in [0, 0.1) is 5.82 Å². The maximum absolute atomic E-state index is 13.1. The van der Waals surface area contributed by atoms with E-state index in [1.165, 1.54) is 17.8 Å². The van der Waals surface area contributed by atoms with Gasteiger partial charge in [-0.3, -0.25) is 4.79 Å². The van der Waals surface area contributed by atoms with Crippen molar-refractivity contribution in [3.05, 3.63) is 77.9 Å². The second kappa shape index (κ2) is 8.43. The zero-order valence-electron chi connectivity index (χ0n) is 18.3. The number of methoxy groups -OCH3 is 1. The number of likely N-dealkylation sites (tertiary alicyclic amines) is 1. The number of carbonyl (C=O) groups is 1. The van der Waals surface area contributed by atoms with Crippen LogP contribution in [0.1, 0.15) is 41.7 Å². The van der Waals surface area contributed by atoms with Crippen LogP contribution >= 0.6 is 0 Å². The summed E-state index contributed by atoms with van der Waals surface area (Å²) in [5.41, 5.74) is 4.06. The first-order chi connectivity index (χ1) is 15.6. The zero-order chi connectivity index (χ0) is 22.1. The summed E-state index contributed by atoms with van der Waals surface area (Å²) in [7, 11) is 1.70. The monoisotopic (exact) mass is 433 g/mol. The fourth-order valence-corrected chi connectivity index (χ4v) is 5.04. The summed E-state index contributed by atoms with van der Waals surface area (Å²) in [5.74, 6) is 0.619. The molecule has 3 aromatic rings. The van der Waals surface area contributed by atoms with Crippen LogP contribution < -0.4 is 10.1 Å². The summed E-state index contributed by atoms with van der Waals surface area (Å²) in [5, 5.41) is 3.84. The maximum atomic E-state index is 13.1. The summed E-state index contributed by atoms with van der Waals surface area (Å²) < 4.78 is 20.8. The Kier molecular flexibility index (Phi) is 5.47. The molecule has 2 aromatic carbocycles. The highest BCUT2D eigenvalue weighted by Gasteiger charge is 2.41. The number of fused-ring (bicyclic) bond motifs is 4. The van der Waals surface area contributed by atoms with Gasteiger partial charge in [-0.1, -0.05) is 0 Å². The van der Waals surface area contributed by atoms with Crippen molar-refractivity contribution >= 4 is 11.5 Å². The van der Waals surface area contributed by atoms with Crippen LogP contribution in [-0.2, 0) is 5.54 Å². The fraction of sp³-hybridized carbons (Fsp3) is 0.346. The Labute approximate surface area is 187 Å². The molecule has 0 amide bonds. The lowest BCUT2D eigenvalue weighted by molar-refractivity contribution is 0.0968. The van der Waals surface area contributed by atoms with E-state index in [9.17, 15) is 9.18 Å². The van der Waals surface area contributed by atoms with Crippen LogP contribution in [0.4, 0.5) is 10.1 Å². The number of carbonyl (C=O) groups excluding carboxylic acids is 1. The summed E-state index contributed by atoms with van der Waals surface area (Å²) in [4.78, 5) is 14.8. The molecule has 0 saturated carbocycles. The lowest BCUT2D eigenvalue weighted by atomic mass is 9.82. The van der Waals surface area contributed by atoms with E-state index in [2.05, 4.69) is 45.2 Å². The Morgan fingerprint density at radius 3 is 2.66 bits per heavy atom. The van der Waals surface area contributed by atoms with Gasteiger partial charge in [0.25, 0.3) is 0 Å². The quantitative estimate of drug-likeness (QED) is 0.556. The van der Waals surface area contributed by atoms with E-state index in [1.54, 1.807) is 19.2 Å². The van der Waals surface area contributed by atoms with Gasteiger partial charge in [-0.15, -0.1) is 0 Å². The molecule has 2 aliphatic heterocycles. The van der Waals surface area contributed by atoms with Crippen molar-refractivity contribution < 1.29 is 13.9 Å². The number of rotatable bonds is 6. The minimum absolute atomic E-state index is 0.0795. The van der Waals surface area contributed by atoms with Gasteiger partial charge >= 0.3 is 0 Å². The van der Waals surface area contributed by atoms with E-state index >= 15 is 0 Å². The highest BCUT2D eigenvalue weighted by atomic mass is 19.1. The van der Waals surface area contributed by atoms with E-state index in [1.807, 2.05) is 6.07 Å². The number of anilines is 1. The number of ether oxygens (including phenoxy) is 1. The Balaban J connectivity index is 1.21. The van der Waals surface area contributed by atoms with Crippen molar-refractivity contribution in [1.82, 2.24) is 9.47 Å². The highest BCUT2D eigenvalue weighted by Crippen LogP contribution is 2.44. The molecule has 0 bridgehead atoms. The highest BCUT2D eigenvalue weighted by molar-refractivity contribution is 5.95. The molecular weight excluding hydrogens is 405 g/mol. The SMILES string of the molecule is COc1ccc2c(c1)NC1(CCN(CCCC(=O)c3ccc(F)cc3)CC1)c1cccn1-2. The predicted octanol–water partition coefficient (Wildman–Crippen LogP) is 5.00. The maximum Gasteiger partial charge on any atom is 0.162 e. The Morgan fingerprint density at radius 1 is 1.12 bits per heavy atom.